The van der Waals surface area contributed by atoms with E-state index in [1.165, 1.54) is 24.3 Å². The second kappa shape index (κ2) is 6.79. The summed E-state index contributed by atoms with van der Waals surface area (Å²) in [5.74, 6) is -16.7. The van der Waals surface area contributed by atoms with Crippen molar-refractivity contribution < 1.29 is 39.9 Å². The number of aryl methyl sites for hydroxylation is 1. The maximum absolute atomic E-state index is 13.4. The van der Waals surface area contributed by atoms with Crippen molar-refractivity contribution in [3.8, 4) is 5.75 Å². The number of carbonyl (C=O) groups is 1. The minimum absolute atomic E-state index is 0.271. The first-order chi connectivity index (χ1) is 11.5. The van der Waals surface area contributed by atoms with Gasteiger partial charge in [0, 0.05) is 0 Å². The van der Waals surface area contributed by atoms with E-state index < -0.39 is 56.4 Å². The van der Waals surface area contributed by atoms with Gasteiger partial charge in [-0.25, -0.2) is 21.6 Å². The van der Waals surface area contributed by atoms with E-state index in [1.54, 1.807) is 6.92 Å². The number of hydrogen-bond donors (Lipinski definition) is 0. The lowest BCUT2D eigenvalue weighted by molar-refractivity contribution is -0.132. The van der Waals surface area contributed by atoms with Crippen LogP contribution in [0.4, 0.5) is 22.0 Å². The number of ether oxygens (including phenoxy) is 1. The van der Waals surface area contributed by atoms with Crippen LogP contribution in [0.15, 0.2) is 29.2 Å². The number of esters is 1. The van der Waals surface area contributed by atoms with Gasteiger partial charge in [0.05, 0.1) is 4.90 Å². The third-order valence-corrected chi connectivity index (χ3v) is 4.68. The summed E-state index contributed by atoms with van der Waals surface area (Å²) in [5.41, 5.74) is 0.739. The largest absolute Gasteiger partial charge is 0.419 e. The number of carbonyl (C=O) groups excluding carboxylic acids is 1. The molecule has 0 amide bonds. The standard InChI is InChI=1S/C15H9F5O4S/c1-7-2-4-8(5-3-7)25(22,23)6-9(21)24-15-13(19)11(17)10(16)12(18)14(15)20/h2-5H,6H2,1H3. The highest BCUT2D eigenvalue weighted by molar-refractivity contribution is 7.92. The Bertz CT molecular complexity index is 910. The van der Waals surface area contributed by atoms with Crippen molar-refractivity contribution in [3.05, 3.63) is 58.9 Å². The molecule has 2 aromatic carbocycles. The molecule has 0 N–H and O–H groups in total. The Labute approximate surface area is 138 Å². The first kappa shape index (κ1) is 18.8. The van der Waals surface area contributed by atoms with Gasteiger partial charge >= 0.3 is 5.97 Å². The molecule has 2 rings (SSSR count). The lowest BCUT2D eigenvalue weighted by Gasteiger charge is -2.09. The number of sulfone groups is 1. The van der Waals surface area contributed by atoms with Crippen LogP contribution in [0, 0.1) is 36.0 Å². The van der Waals surface area contributed by atoms with Gasteiger partial charge in [-0.1, -0.05) is 17.7 Å². The van der Waals surface area contributed by atoms with Gasteiger partial charge in [-0.05, 0) is 19.1 Å². The number of benzene rings is 2. The molecule has 0 bridgehead atoms. The maximum atomic E-state index is 13.4. The van der Waals surface area contributed by atoms with Crippen LogP contribution in [0.1, 0.15) is 5.56 Å². The molecule has 4 nitrogen and oxygen atoms in total. The van der Waals surface area contributed by atoms with Gasteiger partial charge in [0.15, 0.2) is 15.6 Å². The molecule has 0 fully saturated rings. The SMILES string of the molecule is Cc1ccc(S(=O)(=O)CC(=O)Oc2c(F)c(F)c(F)c(F)c2F)cc1. The van der Waals surface area contributed by atoms with E-state index in [-0.39, 0.29) is 4.90 Å². The molecule has 25 heavy (non-hydrogen) atoms. The summed E-state index contributed by atoms with van der Waals surface area (Å²) in [6, 6.07) is 5.28. The molecule has 0 radical (unpaired) electrons. The highest BCUT2D eigenvalue weighted by Gasteiger charge is 2.30. The van der Waals surface area contributed by atoms with Gasteiger partial charge in [-0.15, -0.1) is 0 Å². The predicted molar refractivity (Wildman–Crippen MR) is 75.1 cm³/mol. The zero-order chi connectivity index (χ0) is 18.9. The molecule has 0 aliphatic carbocycles. The van der Waals surface area contributed by atoms with E-state index in [0.717, 1.165) is 5.56 Å². The van der Waals surface area contributed by atoms with Gasteiger partial charge in [-0.3, -0.25) is 4.79 Å². The Hall–Kier alpha value is -2.49. The van der Waals surface area contributed by atoms with E-state index >= 15 is 0 Å². The Kier molecular flexibility index (Phi) is 5.12. The topological polar surface area (TPSA) is 60.4 Å². The van der Waals surface area contributed by atoms with Gasteiger partial charge < -0.3 is 4.74 Å². The zero-order valence-corrected chi connectivity index (χ0v) is 13.3. The van der Waals surface area contributed by atoms with E-state index in [1.807, 2.05) is 0 Å². The minimum Gasteiger partial charge on any atom is -0.419 e. The van der Waals surface area contributed by atoms with Crippen molar-refractivity contribution in [1.82, 2.24) is 0 Å². The Morgan fingerprint density at radius 3 is 1.80 bits per heavy atom. The Morgan fingerprint density at radius 2 is 1.32 bits per heavy atom. The molecule has 0 saturated carbocycles. The van der Waals surface area contributed by atoms with Crippen molar-refractivity contribution in [1.29, 1.82) is 0 Å². The summed E-state index contributed by atoms with van der Waals surface area (Å²) >= 11 is 0. The average molecular weight is 380 g/mol. The number of rotatable bonds is 4. The minimum atomic E-state index is -4.23. The molecule has 0 aliphatic rings. The van der Waals surface area contributed by atoms with E-state index in [2.05, 4.69) is 4.74 Å². The fraction of sp³-hybridized carbons (Fsp3) is 0.133. The molecule has 0 saturated heterocycles. The third kappa shape index (κ3) is 3.78. The molecule has 2 aromatic rings. The average Bonchev–Trinajstić information content (AvgIpc) is 2.55. The number of halogens is 5. The van der Waals surface area contributed by atoms with E-state index in [0.29, 0.717) is 0 Å². The summed E-state index contributed by atoms with van der Waals surface area (Å²) in [5, 5.41) is 0. The van der Waals surface area contributed by atoms with E-state index in [4.69, 9.17) is 0 Å². The monoisotopic (exact) mass is 380 g/mol. The first-order valence-corrected chi connectivity index (χ1v) is 8.21. The van der Waals surface area contributed by atoms with Crippen molar-refractivity contribution in [3.63, 3.8) is 0 Å². The van der Waals surface area contributed by atoms with Crippen LogP contribution in [-0.2, 0) is 14.6 Å². The molecule has 0 spiro atoms. The van der Waals surface area contributed by atoms with Gasteiger partial charge in [-0.2, -0.15) is 8.78 Å². The molecule has 0 unspecified atom stereocenters. The predicted octanol–water partition coefficient (Wildman–Crippen LogP) is 3.07. The van der Waals surface area contributed by atoms with Gasteiger partial charge in [0.25, 0.3) is 0 Å². The van der Waals surface area contributed by atoms with Crippen molar-refractivity contribution in [2.75, 3.05) is 5.75 Å². The summed E-state index contributed by atoms with van der Waals surface area (Å²) < 4.78 is 93.8. The molecule has 134 valence electrons. The van der Waals surface area contributed by atoms with Crippen LogP contribution in [0.5, 0.6) is 5.75 Å². The fourth-order valence-electron chi connectivity index (χ4n) is 1.80. The molecule has 0 heterocycles. The van der Waals surface area contributed by atoms with Crippen LogP contribution < -0.4 is 4.74 Å². The quantitative estimate of drug-likeness (QED) is 0.269. The molecule has 0 aromatic heterocycles. The Balaban J connectivity index is 2.28. The second-order valence-electron chi connectivity index (χ2n) is 4.95. The molecular formula is C15H9F5O4S. The third-order valence-electron chi connectivity index (χ3n) is 3.07. The second-order valence-corrected chi connectivity index (χ2v) is 6.93. The lowest BCUT2D eigenvalue weighted by atomic mass is 10.2. The Morgan fingerprint density at radius 1 is 0.880 bits per heavy atom. The molecule has 0 atom stereocenters. The first-order valence-electron chi connectivity index (χ1n) is 6.56. The number of hydrogen-bond acceptors (Lipinski definition) is 4. The van der Waals surface area contributed by atoms with Gasteiger partial charge in [0.1, 0.15) is 0 Å². The van der Waals surface area contributed by atoms with Crippen LogP contribution in [-0.4, -0.2) is 20.1 Å². The molecule has 10 heteroatoms. The summed E-state index contributed by atoms with van der Waals surface area (Å²) in [6.45, 7) is 1.69. The zero-order valence-electron chi connectivity index (χ0n) is 12.4. The van der Waals surface area contributed by atoms with Gasteiger partial charge in [0.2, 0.25) is 34.8 Å². The fourth-order valence-corrected chi connectivity index (χ4v) is 2.89. The summed E-state index contributed by atoms with van der Waals surface area (Å²) in [4.78, 5) is 11.3. The van der Waals surface area contributed by atoms with Crippen LogP contribution in [0.3, 0.4) is 0 Å². The lowest BCUT2D eigenvalue weighted by Crippen LogP contribution is -2.22. The van der Waals surface area contributed by atoms with Crippen LogP contribution in [0.25, 0.3) is 0 Å². The summed E-state index contributed by atoms with van der Waals surface area (Å²) in [7, 11) is -4.23. The summed E-state index contributed by atoms with van der Waals surface area (Å²) in [6.07, 6.45) is 0. The normalized spacial score (nSPS) is 11.4. The molecular weight excluding hydrogens is 371 g/mol. The smallest absolute Gasteiger partial charge is 0.327 e. The highest BCUT2D eigenvalue weighted by Crippen LogP contribution is 2.29. The van der Waals surface area contributed by atoms with Crippen molar-refractivity contribution >= 4 is 15.8 Å². The maximum Gasteiger partial charge on any atom is 0.327 e. The van der Waals surface area contributed by atoms with Crippen molar-refractivity contribution in [2.45, 2.75) is 11.8 Å². The van der Waals surface area contributed by atoms with Crippen LogP contribution >= 0.6 is 0 Å². The molecule has 0 aliphatic heterocycles. The van der Waals surface area contributed by atoms with Crippen LogP contribution in [0.2, 0.25) is 0 Å². The highest BCUT2D eigenvalue weighted by atomic mass is 32.2. The van der Waals surface area contributed by atoms with E-state index in [9.17, 15) is 35.2 Å². The van der Waals surface area contributed by atoms with Crippen molar-refractivity contribution in [2.24, 2.45) is 0 Å².